The van der Waals surface area contributed by atoms with Gasteiger partial charge < -0.3 is 23.5 Å². The van der Waals surface area contributed by atoms with Crippen LogP contribution in [0, 0.1) is 0 Å². The Morgan fingerprint density at radius 2 is 1.57 bits per heavy atom. The van der Waals surface area contributed by atoms with Gasteiger partial charge in [-0.05, 0) is 33.8 Å². The molecule has 0 saturated carbocycles. The minimum absolute atomic E-state index is 0.243. The molecule has 1 heterocycles. The van der Waals surface area contributed by atoms with Crippen LogP contribution in [0.3, 0.4) is 0 Å². The Balaban J connectivity index is 2.58. The van der Waals surface area contributed by atoms with Gasteiger partial charge in [0.15, 0.2) is 11.5 Å². The summed E-state index contributed by atoms with van der Waals surface area (Å²) < 4.78 is 27.6. The maximum absolute atomic E-state index is 12.3. The highest BCUT2D eigenvalue weighted by molar-refractivity contribution is 6.63. The summed E-state index contributed by atoms with van der Waals surface area (Å²) in [5.74, 6) is 0.199. The Hall–Kier alpha value is -1.73. The molecule has 0 amide bonds. The summed E-state index contributed by atoms with van der Waals surface area (Å²) in [5, 5.41) is 0. The van der Waals surface area contributed by atoms with Crippen LogP contribution in [0.5, 0.6) is 11.5 Å². The van der Waals surface area contributed by atoms with Crippen molar-refractivity contribution in [2.45, 2.75) is 38.9 Å². The third-order valence-electron chi connectivity index (χ3n) is 4.47. The summed E-state index contributed by atoms with van der Waals surface area (Å²) in [5.41, 5.74) is -0.239. The first kappa shape index (κ1) is 17.6. The van der Waals surface area contributed by atoms with Gasteiger partial charge in [-0.15, -0.1) is 0 Å². The van der Waals surface area contributed by atoms with Crippen LogP contribution >= 0.6 is 0 Å². The molecular formula is C16H23BO6. The van der Waals surface area contributed by atoms with Crippen LogP contribution in [-0.2, 0) is 14.0 Å². The zero-order valence-corrected chi connectivity index (χ0v) is 14.7. The number of hydrogen-bond donors (Lipinski definition) is 0. The lowest BCUT2D eigenvalue weighted by molar-refractivity contribution is 0.00578. The number of carbonyl (C=O) groups is 1. The summed E-state index contributed by atoms with van der Waals surface area (Å²) in [6.07, 6.45) is 0. The second-order valence-electron chi connectivity index (χ2n) is 6.35. The first-order chi connectivity index (χ1) is 10.7. The normalized spacial score (nSPS) is 18.7. The summed E-state index contributed by atoms with van der Waals surface area (Å²) >= 11 is 0. The number of ether oxygens (including phenoxy) is 3. The average molecular weight is 322 g/mol. The maximum Gasteiger partial charge on any atom is 0.495 e. The van der Waals surface area contributed by atoms with E-state index in [1.165, 1.54) is 21.3 Å². The van der Waals surface area contributed by atoms with Crippen molar-refractivity contribution in [3.05, 3.63) is 17.7 Å². The molecule has 1 aromatic carbocycles. The molecule has 0 unspecified atom stereocenters. The molecule has 126 valence electrons. The van der Waals surface area contributed by atoms with Crippen LogP contribution in [-0.4, -0.2) is 45.6 Å². The Morgan fingerprint density at radius 1 is 1.00 bits per heavy atom. The number of methoxy groups -OCH3 is 3. The van der Waals surface area contributed by atoms with Crippen molar-refractivity contribution in [3.8, 4) is 11.5 Å². The second-order valence-corrected chi connectivity index (χ2v) is 6.35. The van der Waals surface area contributed by atoms with E-state index in [9.17, 15) is 4.79 Å². The molecule has 0 bridgehead atoms. The van der Waals surface area contributed by atoms with Gasteiger partial charge in [-0.3, -0.25) is 0 Å². The van der Waals surface area contributed by atoms with Crippen LogP contribution in [0.25, 0.3) is 0 Å². The number of hydrogen-bond acceptors (Lipinski definition) is 6. The number of esters is 1. The number of benzene rings is 1. The summed E-state index contributed by atoms with van der Waals surface area (Å²) in [6.45, 7) is 7.80. The summed E-state index contributed by atoms with van der Waals surface area (Å²) in [6, 6.07) is 3.45. The SMILES string of the molecule is COC(=O)c1c(B2OC(C)(C)C(C)(C)O2)ccc(OC)c1OC. The van der Waals surface area contributed by atoms with Gasteiger partial charge in [-0.2, -0.15) is 0 Å². The van der Waals surface area contributed by atoms with Crippen molar-refractivity contribution in [1.82, 2.24) is 0 Å². The fourth-order valence-electron chi connectivity index (χ4n) is 2.42. The molecule has 7 heteroatoms. The molecule has 0 radical (unpaired) electrons. The fraction of sp³-hybridized carbons (Fsp3) is 0.562. The van der Waals surface area contributed by atoms with Crippen LogP contribution in [0.2, 0.25) is 0 Å². The average Bonchev–Trinajstić information content (AvgIpc) is 2.72. The molecule has 23 heavy (non-hydrogen) atoms. The molecule has 2 rings (SSSR count). The van der Waals surface area contributed by atoms with Gasteiger partial charge in [-0.1, -0.05) is 6.07 Å². The Labute approximate surface area is 137 Å². The molecule has 0 aliphatic carbocycles. The lowest BCUT2D eigenvalue weighted by atomic mass is 9.75. The summed E-state index contributed by atoms with van der Waals surface area (Å²) in [7, 11) is 3.59. The monoisotopic (exact) mass is 322 g/mol. The topological polar surface area (TPSA) is 63.2 Å². The third kappa shape index (κ3) is 2.91. The molecular weight excluding hydrogens is 299 g/mol. The predicted molar refractivity (Wildman–Crippen MR) is 86.6 cm³/mol. The summed E-state index contributed by atoms with van der Waals surface area (Å²) in [4.78, 5) is 12.3. The van der Waals surface area contributed by atoms with E-state index in [-0.39, 0.29) is 5.56 Å². The van der Waals surface area contributed by atoms with Crippen LogP contribution in [0.15, 0.2) is 12.1 Å². The first-order valence-electron chi connectivity index (χ1n) is 7.37. The number of rotatable bonds is 4. The molecule has 0 aromatic heterocycles. The van der Waals surface area contributed by atoms with E-state index in [0.29, 0.717) is 17.0 Å². The van der Waals surface area contributed by atoms with E-state index in [4.69, 9.17) is 23.5 Å². The quantitative estimate of drug-likeness (QED) is 0.622. The minimum Gasteiger partial charge on any atom is -0.493 e. The molecule has 1 aliphatic rings. The zero-order chi connectivity index (χ0) is 17.4. The van der Waals surface area contributed by atoms with Crippen LogP contribution in [0.1, 0.15) is 38.1 Å². The van der Waals surface area contributed by atoms with E-state index in [0.717, 1.165) is 0 Å². The highest BCUT2D eigenvalue weighted by Gasteiger charge is 2.53. The van der Waals surface area contributed by atoms with E-state index < -0.39 is 24.3 Å². The van der Waals surface area contributed by atoms with Gasteiger partial charge >= 0.3 is 13.1 Å². The van der Waals surface area contributed by atoms with Gasteiger partial charge in [0.05, 0.1) is 32.5 Å². The van der Waals surface area contributed by atoms with Crippen LogP contribution in [0.4, 0.5) is 0 Å². The molecule has 1 fully saturated rings. The van der Waals surface area contributed by atoms with Gasteiger partial charge in [-0.25, -0.2) is 4.79 Å². The fourth-order valence-corrected chi connectivity index (χ4v) is 2.42. The van der Waals surface area contributed by atoms with Crippen molar-refractivity contribution in [2.24, 2.45) is 0 Å². The predicted octanol–water partition coefficient (Wildman–Crippen LogP) is 1.79. The highest BCUT2D eigenvalue weighted by Crippen LogP contribution is 2.38. The van der Waals surface area contributed by atoms with Gasteiger partial charge in [0.2, 0.25) is 0 Å². The van der Waals surface area contributed by atoms with Crippen molar-refractivity contribution in [3.63, 3.8) is 0 Å². The van der Waals surface area contributed by atoms with Gasteiger partial charge in [0.1, 0.15) is 5.56 Å². The Kier molecular flexibility index (Phi) is 4.64. The third-order valence-corrected chi connectivity index (χ3v) is 4.47. The first-order valence-corrected chi connectivity index (χ1v) is 7.37. The highest BCUT2D eigenvalue weighted by atomic mass is 16.7. The minimum atomic E-state index is -0.700. The standard InChI is InChI=1S/C16H23BO6/c1-15(2)16(3,4)23-17(22-15)10-8-9-11(19-5)13(20-6)12(10)14(18)21-7/h8-9H,1-7H3. The van der Waals surface area contributed by atoms with E-state index in [1.807, 2.05) is 27.7 Å². The lowest BCUT2D eigenvalue weighted by Gasteiger charge is -2.32. The van der Waals surface area contributed by atoms with E-state index in [1.54, 1.807) is 12.1 Å². The molecule has 0 N–H and O–H groups in total. The number of carbonyl (C=O) groups excluding carboxylic acids is 1. The lowest BCUT2D eigenvalue weighted by Crippen LogP contribution is -2.41. The van der Waals surface area contributed by atoms with Crippen molar-refractivity contribution in [2.75, 3.05) is 21.3 Å². The second kappa shape index (κ2) is 6.05. The zero-order valence-electron chi connectivity index (χ0n) is 14.7. The molecule has 1 saturated heterocycles. The maximum atomic E-state index is 12.3. The molecule has 6 nitrogen and oxygen atoms in total. The Morgan fingerprint density at radius 3 is 2.00 bits per heavy atom. The Bertz CT molecular complexity index is 595. The molecule has 0 spiro atoms. The van der Waals surface area contributed by atoms with Crippen LogP contribution < -0.4 is 14.9 Å². The molecule has 0 atom stereocenters. The van der Waals surface area contributed by atoms with Gasteiger partial charge in [0.25, 0.3) is 0 Å². The van der Waals surface area contributed by atoms with Crippen molar-refractivity contribution in [1.29, 1.82) is 0 Å². The van der Waals surface area contributed by atoms with Crippen molar-refractivity contribution >= 4 is 18.6 Å². The molecule has 1 aromatic rings. The van der Waals surface area contributed by atoms with Gasteiger partial charge in [0, 0.05) is 5.46 Å². The van der Waals surface area contributed by atoms with E-state index in [2.05, 4.69) is 0 Å². The van der Waals surface area contributed by atoms with Crippen molar-refractivity contribution < 1.29 is 28.3 Å². The largest absolute Gasteiger partial charge is 0.495 e. The smallest absolute Gasteiger partial charge is 0.493 e. The molecule has 1 aliphatic heterocycles. The van der Waals surface area contributed by atoms with E-state index >= 15 is 0 Å².